The number of carboxylic acids is 2. The van der Waals surface area contributed by atoms with Crippen LogP contribution in [0.5, 0.6) is 0 Å². The first-order valence-electron chi connectivity index (χ1n) is 8.44. The van der Waals surface area contributed by atoms with Gasteiger partial charge < -0.3 is 21.9 Å². The Morgan fingerprint density at radius 2 is 1.50 bits per heavy atom. The second kappa shape index (κ2) is 20.2. The predicted molar refractivity (Wildman–Crippen MR) is 94.0 cm³/mol. The molecular formula is C16H31KO8S. The number of carboxylic acid groups (broad SMARTS) is 2. The van der Waals surface area contributed by atoms with Crippen molar-refractivity contribution >= 4 is 22.1 Å². The van der Waals surface area contributed by atoms with Crippen molar-refractivity contribution in [2.24, 2.45) is 0 Å². The summed E-state index contributed by atoms with van der Waals surface area (Å²) in [5.74, 6) is -3.50. The van der Waals surface area contributed by atoms with E-state index in [1.54, 1.807) is 0 Å². The molecule has 0 saturated carbocycles. The van der Waals surface area contributed by atoms with Crippen LogP contribution in [0.3, 0.4) is 0 Å². The number of carbonyl (C=O) groups is 2. The van der Waals surface area contributed by atoms with Crippen molar-refractivity contribution in [3.8, 4) is 0 Å². The summed E-state index contributed by atoms with van der Waals surface area (Å²) in [6.07, 6.45) is 9.25. The molecule has 0 aromatic carbocycles. The molecule has 0 radical (unpaired) electrons. The van der Waals surface area contributed by atoms with E-state index in [2.05, 4.69) is 13.8 Å². The fourth-order valence-corrected chi connectivity index (χ4v) is 2.45. The van der Waals surface area contributed by atoms with Gasteiger partial charge in [-0.15, -0.1) is 0 Å². The SMILES string of the molecule is O=C(O)CC(C(=O)O)S(=O)(=O)O.[CH2-]CCOCCCCCCCCC.[K+]. The Hall–Kier alpha value is 0.446. The molecule has 0 aliphatic carbocycles. The second-order valence-electron chi connectivity index (χ2n) is 5.53. The fraction of sp³-hybridized carbons (Fsp3) is 0.812. The van der Waals surface area contributed by atoms with Crippen LogP contribution < -0.4 is 51.4 Å². The average molecular weight is 423 g/mol. The third-order valence-electron chi connectivity index (χ3n) is 3.18. The first kappa shape index (κ1) is 31.2. The Morgan fingerprint density at radius 3 is 1.85 bits per heavy atom. The van der Waals surface area contributed by atoms with Crippen LogP contribution >= 0.6 is 0 Å². The maximum Gasteiger partial charge on any atom is 1.00 e. The molecule has 150 valence electrons. The van der Waals surface area contributed by atoms with E-state index < -0.39 is 33.7 Å². The number of hydrogen-bond donors (Lipinski definition) is 3. The van der Waals surface area contributed by atoms with E-state index in [0.29, 0.717) is 0 Å². The first-order valence-corrected chi connectivity index (χ1v) is 9.95. The molecule has 0 aliphatic heterocycles. The van der Waals surface area contributed by atoms with Crippen LogP contribution in [0.25, 0.3) is 0 Å². The zero-order chi connectivity index (χ0) is 19.7. The molecule has 8 nitrogen and oxygen atoms in total. The summed E-state index contributed by atoms with van der Waals surface area (Å²) in [5, 5.41) is 13.9. The van der Waals surface area contributed by atoms with E-state index in [1.165, 1.54) is 44.9 Å². The second-order valence-corrected chi connectivity index (χ2v) is 7.13. The van der Waals surface area contributed by atoms with Crippen LogP contribution in [0, 0.1) is 6.92 Å². The van der Waals surface area contributed by atoms with Gasteiger partial charge in [0.2, 0.25) is 0 Å². The van der Waals surface area contributed by atoms with Crippen molar-refractivity contribution in [3.63, 3.8) is 0 Å². The maximum absolute atomic E-state index is 10.2. The van der Waals surface area contributed by atoms with E-state index in [-0.39, 0.29) is 51.4 Å². The third kappa shape index (κ3) is 22.5. The molecule has 0 bridgehead atoms. The van der Waals surface area contributed by atoms with Crippen molar-refractivity contribution < 1.29 is 88.9 Å². The van der Waals surface area contributed by atoms with Gasteiger partial charge >= 0.3 is 63.3 Å². The van der Waals surface area contributed by atoms with Crippen LogP contribution in [0.15, 0.2) is 0 Å². The molecule has 0 aliphatic rings. The van der Waals surface area contributed by atoms with E-state index in [9.17, 15) is 18.0 Å². The zero-order valence-electron chi connectivity index (χ0n) is 15.9. The van der Waals surface area contributed by atoms with Crippen molar-refractivity contribution in [3.05, 3.63) is 6.92 Å². The minimum Gasteiger partial charge on any atom is -0.481 e. The van der Waals surface area contributed by atoms with Gasteiger partial charge in [0, 0.05) is 13.2 Å². The number of hydrogen-bond acceptors (Lipinski definition) is 5. The molecule has 0 fully saturated rings. The quantitative estimate of drug-likeness (QED) is 0.151. The zero-order valence-corrected chi connectivity index (χ0v) is 19.8. The van der Waals surface area contributed by atoms with E-state index in [0.717, 1.165) is 19.6 Å². The van der Waals surface area contributed by atoms with E-state index >= 15 is 0 Å². The number of aliphatic carboxylic acids is 2. The molecule has 3 N–H and O–H groups in total. The summed E-state index contributed by atoms with van der Waals surface area (Å²) in [6, 6.07) is 0. The van der Waals surface area contributed by atoms with E-state index in [4.69, 9.17) is 19.5 Å². The first-order chi connectivity index (χ1) is 11.7. The average Bonchev–Trinajstić information content (AvgIpc) is 2.50. The van der Waals surface area contributed by atoms with Crippen molar-refractivity contribution in [2.45, 2.75) is 70.0 Å². The summed E-state index contributed by atoms with van der Waals surface area (Å²) in [7, 11) is -4.84. The molecule has 0 amide bonds. The Bertz CT molecular complexity index is 443. The minimum absolute atomic E-state index is 0. The summed E-state index contributed by atoms with van der Waals surface area (Å²) >= 11 is 0. The molecule has 1 unspecified atom stereocenters. The largest absolute Gasteiger partial charge is 1.00 e. The van der Waals surface area contributed by atoms with Crippen LogP contribution in [0.1, 0.15) is 64.7 Å². The topological polar surface area (TPSA) is 138 Å². The fourth-order valence-electron chi connectivity index (χ4n) is 1.84. The number of unbranched alkanes of at least 4 members (excludes halogenated alkanes) is 6. The predicted octanol–water partition coefficient (Wildman–Crippen LogP) is -0.216. The summed E-state index contributed by atoms with van der Waals surface area (Å²) < 4.78 is 34.0. The Morgan fingerprint density at radius 1 is 1.00 bits per heavy atom. The van der Waals surface area contributed by atoms with Crippen molar-refractivity contribution in [1.82, 2.24) is 0 Å². The maximum atomic E-state index is 10.2. The number of ether oxygens (including phenoxy) is 1. The molecule has 0 aromatic heterocycles. The van der Waals surface area contributed by atoms with Crippen molar-refractivity contribution in [1.29, 1.82) is 0 Å². The van der Waals surface area contributed by atoms with E-state index in [1.807, 2.05) is 0 Å². The molecule has 10 heteroatoms. The van der Waals surface area contributed by atoms with Crippen LogP contribution in [0.2, 0.25) is 0 Å². The Kier molecular flexibility index (Phi) is 24.2. The van der Waals surface area contributed by atoms with Crippen LogP contribution in [-0.4, -0.2) is 53.6 Å². The summed E-state index contributed by atoms with van der Waals surface area (Å²) in [5.41, 5.74) is 0. The molecule has 1 atom stereocenters. The normalized spacial score (nSPS) is 11.7. The molecular weight excluding hydrogens is 391 g/mol. The standard InChI is InChI=1S/C12H25O.C4H6O7S.K/c1-3-5-6-7-8-9-10-12-13-11-4-2;5-3(6)1-2(4(7)8)12(9,10)11;/h2-12H2,1H3;2H,1H2,(H,5,6)(H,7,8)(H,9,10,11);/q-1;;+1. The monoisotopic (exact) mass is 422 g/mol. The van der Waals surface area contributed by atoms with Gasteiger partial charge in [-0.1, -0.05) is 45.4 Å². The van der Waals surface area contributed by atoms with Gasteiger partial charge in [0.25, 0.3) is 10.1 Å². The third-order valence-corrected chi connectivity index (χ3v) is 4.26. The van der Waals surface area contributed by atoms with Gasteiger partial charge in [-0.3, -0.25) is 14.1 Å². The summed E-state index contributed by atoms with van der Waals surface area (Å²) in [4.78, 5) is 20.0. The molecule has 0 spiro atoms. The molecule has 0 heterocycles. The smallest absolute Gasteiger partial charge is 0.481 e. The van der Waals surface area contributed by atoms with Gasteiger partial charge in [-0.05, 0) is 6.42 Å². The number of rotatable bonds is 14. The molecule has 0 aromatic rings. The minimum atomic E-state index is -4.84. The molecule has 0 rings (SSSR count). The molecule has 0 saturated heterocycles. The van der Waals surface area contributed by atoms with Gasteiger partial charge in [-0.25, -0.2) is 0 Å². The Labute approximate surface area is 199 Å². The summed E-state index contributed by atoms with van der Waals surface area (Å²) in [6.45, 7) is 7.75. The van der Waals surface area contributed by atoms with Gasteiger partial charge in [-0.2, -0.15) is 14.8 Å². The van der Waals surface area contributed by atoms with Crippen LogP contribution in [0.4, 0.5) is 0 Å². The molecule has 26 heavy (non-hydrogen) atoms. The van der Waals surface area contributed by atoms with Gasteiger partial charge in [0.05, 0.1) is 6.42 Å². The van der Waals surface area contributed by atoms with Crippen LogP contribution in [-0.2, 0) is 24.4 Å². The Balaban J connectivity index is -0.000000393. The van der Waals surface area contributed by atoms with Gasteiger partial charge in [0.1, 0.15) is 0 Å². The van der Waals surface area contributed by atoms with Gasteiger partial charge in [0.15, 0.2) is 5.25 Å². The van der Waals surface area contributed by atoms with Crippen molar-refractivity contribution in [2.75, 3.05) is 13.2 Å².